The summed E-state index contributed by atoms with van der Waals surface area (Å²) in [7, 11) is 0. The van der Waals surface area contributed by atoms with E-state index in [1.54, 1.807) is 11.3 Å². The fourth-order valence-corrected chi connectivity index (χ4v) is 3.83. The van der Waals surface area contributed by atoms with Gasteiger partial charge < -0.3 is 5.21 Å². The van der Waals surface area contributed by atoms with Gasteiger partial charge in [0.2, 0.25) is 0 Å². The van der Waals surface area contributed by atoms with E-state index in [1.807, 2.05) is 23.6 Å². The van der Waals surface area contributed by atoms with E-state index in [0.29, 0.717) is 16.0 Å². The highest BCUT2D eigenvalue weighted by Gasteiger charge is 2.27. The smallest absolute Gasteiger partial charge is 0.0970 e. The Labute approximate surface area is 125 Å². The Morgan fingerprint density at radius 2 is 2.05 bits per heavy atom. The van der Waals surface area contributed by atoms with Gasteiger partial charge in [0.05, 0.1) is 20.6 Å². The topological polar surface area (TPSA) is 32.6 Å². The number of thiophene rings is 1. The van der Waals surface area contributed by atoms with Gasteiger partial charge in [-0.05, 0) is 47.5 Å². The minimum atomic E-state index is 0.293. The molecule has 1 aromatic heterocycles. The molecule has 0 radical (unpaired) electrons. The highest BCUT2D eigenvalue weighted by atomic mass is 35.5. The Kier molecular flexibility index (Phi) is 3.52. The Morgan fingerprint density at radius 1 is 1.21 bits per heavy atom. The van der Waals surface area contributed by atoms with E-state index >= 15 is 0 Å². The van der Waals surface area contributed by atoms with Crippen molar-refractivity contribution in [3.05, 3.63) is 55.7 Å². The minimum absolute atomic E-state index is 0.293. The van der Waals surface area contributed by atoms with Crippen molar-refractivity contribution >= 4 is 40.3 Å². The van der Waals surface area contributed by atoms with Crippen molar-refractivity contribution in [3.63, 3.8) is 0 Å². The summed E-state index contributed by atoms with van der Waals surface area (Å²) in [6, 6.07) is 7.87. The lowest BCUT2D eigenvalue weighted by atomic mass is 9.82. The third-order valence-electron chi connectivity index (χ3n) is 3.47. The van der Waals surface area contributed by atoms with Gasteiger partial charge in [0, 0.05) is 5.92 Å². The van der Waals surface area contributed by atoms with Crippen molar-refractivity contribution in [2.24, 2.45) is 5.16 Å². The lowest BCUT2D eigenvalue weighted by Gasteiger charge is -2.23. The van der Waals surface area contributed by atoms with E-state index in [1.165, 1.54) is 5.56 Å². The summed E-state index contributed by atoms with van der Waals surface area (Å²) >= 11 is 13.7. The number of rotatable bonds is 1. The van der Waals surface area contributed by atoms with E-state index in [4.69, 9.17) is 28.4 Å². The molecule has 0 aliphatic heterocycles. The highest BCUT2D eigenvalue weighted by molar-refractivity contribution is 7.12. The molecule has 98 valence electrons. The monoisotopic (exact) mass is 311 g/mol. The third-order valence-corrected chi connectivity index (χ3v) is 5.19. The normalized spacial score (nSPS) is 20.5. The molecule has 5 heteroatoms. The third kappa shape index (κ3) is 2.27. The second-order valence-corrected chi connectivity index (χ2v) is 6.25. The minimum Gasteiger partial charge on any atom is -0.411 e. The molecular weight excluding hydrogens is 301 g/mol. The van der Waals surface area contributed by atoms with Crippen LogP contribution in [0.5, 0.6) is 0 Å². The van der Waals surface area contributed by atoms with E-state index in [9.17, 15) is 0 Å². The Balaban J connectivity index is 2.06. The molecule has 1 aliphatic rings. The van der Waals surface area contributed by atoms with Gasteiger partial charge in [-0.2, -0.15) is 0 Å². The van der Waals surface area contributed by atoms with E-state index < -0.39 is 0 Å². The second-order valence-electron chi connectivity index (χ2n) is 4.52. The zero-order chi connectivity index (χ0) is 13.4. The number of benzene rings is 1. The second kappa shape index (κ2) is 5.16. The largest absolute Gasteiger partial charge is 0.411 e. The van der Waals surface area contributed by atoms with Crippen molar-refractivity contribution in [2.75, 3.05) is 0 Å². The molecule has 0 fully saturated rings. The van der Waals surface area contributed by atoms with Crippen LogP contribution in [0.15, 0.2) is 34.8 Å². The number of oxime groups is 1. The average Bonchev–Trinajstić information content (AvgIpc) is 2.90. The number of halogens is 2. The fourth-order valence-electron chi connectivity index (χ4n) is 2.55. The van der Waals surface area contributed by atoms with Crippen molar-refractivity contribution in [2.45, 2.75) is 18.8 Å². The molecule has 19 heavy (non-hydrogen) atoms. The van der Waals surface area contributed by atoms with Crippen LogP contribution in [-0.4, -0.2) is 10.9 Å². The first-order chi connectivity index (χ1) is 9.20. The summed E-state index contributed by atoms with van der Waals surface area (Å²) in [5.74, 6) is 0.293. The van der Waals surface area contributed by atoms with Crippen LogP contribution >= 0.6 is 34.5 Å². The Hall–Kier alpha value is -1.03. The van der Waals surface area contributed by atoms with Crippen LogP contribution in [0.4, 0.5) is 0 Å². The summed E-state index contributed by atoms with van der Waals surface area (Å²) < 4.78 is 0. The lowest BCUT2D eigenvalue weighted by Crippen LogP contribution is -2.15. The van der Waals surface area contributed by atoms with E-state index in [-0.39, 0.29) is 0 Å². The molecule has 0 bridgehead atoms. The molecule has 1 heterocycles. The van der Waals surface area contributed by atoms with Crippen LogP contribution in [0, 0.1) is 0 Å². The average molecular weight is 312 g/mol. The summed E-state index contributed by atoms with van der Waals surface area (Å²) in [5, 5.41) is 15.6. The molecule has 1 N–H and O–H groups in total. The van der Waals surface area contributed by atoms with Crippen LogP contribution in [-0.2, 0) is 0 Å². The van der Waals surface area contributed by atoms with Crippen LogP contribution in [0.25, 0.3) is 0 Å². The number of nitrogens with zero attached hydrogens (tertiary/aromatic N) is 1. The molecule has 0 saturated heterocycles. The molecule has 0 spiro atoms. The molecule has 3 rings (SSSR count). The maximum Gasteiger partial charge on any atom is 0.0970 e. The van der Waals surface area contributed by atoms with Gasteiger partial charge in [0.15, 0.2) is 0 Å². The molecule has 0 amide bonds. The quantitative estimate of drug-likeness (QED) is 0.572. The predicted molar refractivity (Wildman–Crippen MR) is 80.2 cm³/mol. The van der Waals surface area contributed by atoms with E-state index in [2.05, 4.69) is 11.2 Å². The van der Waals surface area contributed by atoms with Gasteiger partial charge in [-0.15, -0.1) is 11.3 Å². The van der Waals surface area contributed by atoms with Crippen LogP contribution in [0.1, 0.15) is 34.8 Å². The first-order valence-corrected chi connectivity index (χ1v) is 7.58. The Bertz CT molecular complexity index is 651. The van der Waals surface area contributed by atoms with Gasteiger partial charge in [0.1, 0.15) is 0 Å². The van der Waals surface area contributed by atoms with Gasteiger partial charge in [0.25, 0.3) is 0 Å². The van der Waals surface area contributed by atoms with Crippen molar-refractivity contribution in [3.8, 4) is 0 Å². The van der Waals surface area contributed by atoms with Crippen molar-refractivity contribution in [1.82, 2.24) is 0 Å². The van der Waals surface area contributed by atoms with Crippen LogP contribution < -0.4 is 0 Å². The summed E-state index contributed by atoms with van der Waals surface area (Å²) in [5.41, 5.74) is 3.15. The highest BCUT2D eigenvalue weighted by Crippen LogP contribution is 2.40. The van der Waals surface area contributed by atoms with Crippen molar-refractivity contribution in [1.29, 1.82) is 0 Å². The van der Waals surface area contributed by atoms with Crippen LogP contribution in [0.3, 0.4) is 0 Å². The number of hydrogen-bond acceptors (Lipinski definition) is 3. The first-order valence-electron chi connectivity index (χ1n) is 5.94. The lowest BCUT2D eigenvalue weighted by molar-refractivity contribution is 0.317. The molecular formula is C14H11Cl2NOS. The molecule has 1 aliphatic carbocycles. The SMILES string of the molecule is O/N=C1\CCC(c2ccc(Cl)c(Cl)c2)c2ccsc21. The summed E-state index contributed by atoms with van der Waals surface area (Å²) in [6.45, 7) is 0. The zero-order valence-corrected chi connectivity index (χ0v) is 12.3. The predicted octanol–water partition coefficient (Wildman–Crippen LogP) is 5.16. The zero-order valence-electron chi connectivity index (χ0n) is 9.94. The number of fused-ring (bicyclic) bond motifs is 1. The molecule has 1 atom stereocenters. The van der Waals surface area contributed by atoms with Crippen molar-refractivity contribution < 1.29 is 5.21 Å². The molecule has 1 aromatic carbocycles. The fraction of sp³-hybridized carbons (Fsp3) is 0.214. The Morgan fingerprint density at radius 3 is 2.79 bits per heavy atom. The summed E-state index contributed by atoms with van der Waals surface area (Å²) in [6.07, 6.45) is 1.69. The van der Waals surface area contributed by atoms with Gasteiger partial charge in [-0.25, -0.2) is 0 Å². The maximum atomic E-state index is 9.05. The van der Waals surface area contributed by atoms with Crippen LogP contribution in [0.2, 0.25) is 10.0 Å². The number of hydrogen-bond donors (Lipinski definition) is 1. The molecule has 1 unspecified atom stereocenters. The standard InChI is InChI=1S/C14H11Cl2NOS/c15-11-3-1-8(7-12(11)16)9-2-4-13(17-18)14-10(9)5-6-19-14/h1,3,5-7,9,18H,2,4H2/b17-13+. The molecule has 2 nitrogen and oxygen atoms in total. The van der Waals surface area contributed by atoms with E-state index in [0.717, 1.165) is 29.0 Å². The summed E-state index contributed by atoms with van der Waals surface area (Å²) in [4.78, 5) is 1.07. The maximum absolute atomic E-state index is 9.05. The van der Waals surface area contributed by atoms with Gasteiger partial charge >= 0.3 is 0 Å². The van der Waals surface area contributed by atoms with Gasteiger partial charge in [-0.3, -0.25) is 0 Å². The van der Waals surface area contributed by atoms with Gasteiger partial charge in [-0.1, -0.05) is 34.4 Å². The molecule has 2 aromatic rings. The first kappa shape index (κ1) is 13.0. The molecule has 0 saturated carbocycles.